The van der Waals surface area contributed by atoms with Gasteiger partial charge in [-0.2, -0.15) is 5.10 Å². The number of rotatable bonds is 6. The molecule has 2 heterocycles. The Morgan fingerprint density at radius 1 is 1.23 bits per heavy atom. The van der Waals surface area contributed by atoms with Gasteiger partial charge < -0.3 is 14.7 Å². The maximum Gasteiger partial charge on any atom is 0.348 e. The van der Waals surface area contributed by atoms with Crippen molar-refractivity contribution in [3.63, 3.8) is 0 Å². The normalized spacial score (nSPS) is 16.3. The van der Waals surface area contributed by atoms with E-state index in [9.17, 15) is 14.7 Å². The van der Waals surface area contributed by atoms with Crippen molar-refractivity contribution in [1.29, 1.82) is 0 Å². The summed E-state index contributed by atoms with van der Waals surface area (Å²) in [6.45, 7) is 3.22. The first-order valence-corrected chi connectivity index (χ1v) is 8.73. The lowest BCUT2D eigenvalue weighted by Crippen LogP contribution is -2.54. The van der Waals surface area contributed by atoms with Gasteiger partial charge >= 0.3 is 5.97 Å². The Bertz CT molecular complexity index is 764. The topological polar surface area (TPSA) is 84.7 Å². The predicted molar refractivity (Wildman–Crippen MR) is 94.8 cm³/mol. The number of hydrogen-bond donors (Lipinski definition) is 1. The van der Waals surface area contributed by atoms with Crippen LogP contribution in [0, 0.1) is 6.92 Å². The summed E-state index contributed by atoms with van der Waals surface area (Å²) in [5, 5.41) is 13.9. The van der Waals surface area contributed by atoms with Crippen molar-refractivity contribution < 1.29 is 19.4 Å². The molecule has 1 N–H and O–H groups in total. The van der Waals surface area contributed by atoms with Gasteiger partial charge in [-0.05, 0) is 24.6 Å². The Morgan fingerprint density at radius 3 is 2.50 bits per heavy atom. The van der Waals surface area contributed by atoms with E-state index in [1.165, 1.54) is 0 Å². The number of carbonyl (C=O) groups is 2. The number of benzene rings is 1. The fourth-order valence-electron chi connectivity index (χ4n) is 3.15. The van der Waals surface area contributed by atoms with Crippen molar-refractivity contribution in [1.82, 2.24) is 14.7 Å². The number of aliphatic carboxylic acids is 1. The first kappa shape index (κ1) is 18.0. The standard InChI is InChI=1S/C19H23N3O4/c1-15-13-20-22(14-15)10-7-17(23)21-11-8-19(9-12-21,18(24)25)26-16-5-3-2-4-6-16/h2-6,13-14H,7-12H2,1H3,(H,24,25). The van der Waals surface area contributed by atoms with Gasteiger partial charge in [-0.1, -0.05) is 18.2 Å². The number of para-hydroxylation sites is 1. The van der Waals surface area contributed by atoms with Gasteiger partial charge in [-0.15, -0.1) is 0 Å². The van der Waals surface area contributed by atoms with E-state index in [0.717, 1.165) is 5.56 Å². The van der Waals surface area contributed by atoms with Gasteiger partial charge in [-0.25, -0.2) is 4.79 Å². The smallest absolute Gasteiger partial charge is 0.348 e. The third-order valence-corrected chi connectivity index (χ3v) is 4.69. The fraction of sp³-hybridized carbons (Fsp3) is 0.421. The highest BCUT2D eigenvalue weighted by Crippen LogP contribution is 2.29. The second kappa shape index (κ2) is 7.59. The molecule has 0 radical (unpaired) electrons. The first-order chi connectivity index (χ1) is 12.5. The van der Waals surface area contributed by atoms with Crippen LogP contribution in [-0.4, -0.2) is 50.4 Å². The maximum absolute atomic E-state index is 12.4. The molecule has 1 saturated heterocycles. The second-order valence-electron chi connectivity index (χ2n) is 6.63. The molecular formula is C19H23N3O4. The summed E-state index contributed by atoms with van der Waals surface area (Å²) >= 11 is 0. The molecule has 0 atom stereocenters. The van der Waals surface area contributed by atoms with E-state index in [4.69, 9.17) is 4.74 Å². The minimum atomic E-state index is -1.28. The molecule has 7 nitrogen and oxygen atoms in total. The van der Waals surface area contributed by atoms with Crippen LogP contribution in [0.2, 0.25) is 0 Å². The number of carbonyl (C=O) groups excluding carboxylic acids is 1. The Balaban J connectivity index is 1.57. The van der Waals surface area contributed by atoms with Crippen molar-refractivity contribution in [2.24, 2.45) is 0 Å². The predicted octanol–water partition coefficient (Wildman–Crippen LogP) is 2.11. The molecule has 0 aliphatic carbocycles. The van der Waals surface area contributed by atoms with Crippen LogP contribution < -0.4 is 4.74 Å². The van der Waals surface area contributed by atoms with Crippen molar-refractivity contribution in [2.45, 2.75) is 38.3 Å². The summed E-state index contributed by atoms with van der Waals surface area (Å²) in [7, 11) is 0. The van der Waals surface area contributed by atoms with Crippen molar-refractivity contribution in [3.05, 3.63) is 48.3 Å². The molecule has 0 saturated carbocycles. The molecule has 3 rings (SSSR count). The average Bonchev–Trinajstić information content (AvgIpc) is 3.06. The molecule has 7 heteroatoms. The van der Waals surface area contributed by atoms with E-state index in [1.807, 2.05) is 19.2 Å². The van der Waals surface area contributed by atoms with Crippen molar-refractivity contribution in [3.8, 4) is 5.75 Å². The Hall–Kier alpha value is -2.83. The summed E-state index contributed by atoms with van der Waals surface area (Å²) in [5.74, 6) is -0.443. The summed E-state index contributed by atoms with van der Waals surface area (Å²) in [6.07, 6.45) is 4.54. The fourth-order valence-corrected chi connectivity index (χ4v) is 3.15. The minimum Gasteiger partial charge on any atom is -0.478 e. The third kappa shape index (κ3) is 4.04. The lowest BCUT2D eigenvalue weighted by molar-refractivity contribution is -0.161. The minimum absolute atomic E-state index is 0.0110. The van der Waals surface area contributed by atoms with Gasteiger partial charge in [0.1, 0.15) is 5.75 Å². The van der Waals surface area contributed by atoms with Crippen LogP contribution in [0.1, 0.15) is 24.8 Å². The Morgan fingerprint density at radius 2 is 1.92 bits per heavy atom. The molecule has 1 aliphatic heterocycles. The molecule has 1 aliphatic rings. The number of piperidine rings is 1. The molecule has 1 fully saturated rings. The number of ether oxygens (including phenoxy) is 1. The number of aryl methyl sites for hydroxylation is 2. The van der Waals surface area contributed by atoms with Crippen LogP contribution in [0.15, 0.2) is 42.7 Å². The highest BCUT2D eigenvalue weighted by Gasteiger charge is 2.44. The van der Waals surface area contributed by atoms with Gasteiger partial charge in [0, 0.05) is 45.1 Å². The first-order valence-electron chi connectivity index (χ1n) is 8.73. The number of carboxylic acid groups (broad SMARTS) is 1. The largest absolute Gasteiger partial charge is 0.478 e. The number of hydrogen-bond acceptors (Lipinski definition) is 4. The number of nitrogens with zero attached hydrogens (tertiary/aromatic N) is 3. The van der Waals surface area contributed by atoms with Crippen LogP contribution in [0.4, 0.5) is 0 Å². The van der Waals surface area contributed by atoms with E-state index in [-0.39, 0.29) is 18.7 Å². The van der Waals surface area contributed by atoms with Gasteiger partial charge in [0.2, 0.25) is 11.5 Å². The SMILES string of the molecule is Cc1cnn(CCC(=O)N2CCC(Oc3ccccc3)(C(=O)O)CC2)c1. The van der Waals surface area contributed by atoms with E-state index in [0.29, 0.717) is 31.8 Å². The lowest BCUT2D eigenvalue weighted by Gasteiger charge is -2.38. The molecule has 1 amide bonds. The lowest BCUT2D eigenvalue weighted by atomic mass is 9.91. The van der Waals surface area contributed by atoms with Gasteiger partial charge in [0.05, 0.1) is 6.20 Å². The number of carboxylic acids is 1. The van der Waals surface area contributed by atoms with E-state index >= 15 is 0 Å². The average molecular weight is 357 g/mol. The Kier molecular flexibility index (Phi) is 5.25. The zero-order chi connectivity index (χ0) is 18.6. The maximum atomic E-state index is 12.4. The highest BCUT2D eigenvalue weighted by molar-refractivity contribution is 5.80. The van der Waals surface area contributed by atoms with Crippen LogP contribution >= 0.6 is 0 Å². The van der Waals surface area contributed by atoms with Gasteiger partial charge in [-0.3, -0.25) is 9.48 Å². The van der Waals surface area contributed by atoms with Gasteiger partial charge in [0.15, 0.2) is 0 Å². The molecule has 0 unspecified atom stereocenters. The third-order valence-electron chi connectivity index (χ3n) is 4.69. The van der Waals surface area contributed by atoms with E-state index < -0.39 is 11.6 Å². The number of aromatic nitrogens is 2. The summed E-state index contributed by atoms with van der Waals surface area (Å²) in [4.78, 5) is 26.0. The van der Waals surface area contributed by atoms with Crippen LogP contribution in [0.3, 0.4) is 0 Å². The van der Waals surface area contributed by atoms with Gasteiger partial charge in [0.25, 0.3) is 0 Å². The van der Waals surface area contributed by atoms with E-state index in [2.05, 4.69) is 5.10 Å². The van der Waals surface area contributed by atoms with Crippen LogP contribution in [0.5, 0.6) is 5.75 Å². The van der Waals surface area contributed by atoms with Crippen molar-refractivity contribution >= 4 is 11.9 Å². The zero-order valence-corrected chi connectivity index (χ0v) is 14.8. The molecule has 0 spiro atoms. The quantitative estimate of drug-likeness (QED) is 0.856. The summed E-state index contributed by atoms with van der Waals surface area (Å²) in [6, 6.07) is 8.95. The number of likely N-dealkylation sites (tertiary alicyclic amines) is 1. The van der Waals surface area contributed by atoms with Crippen LogP contribution in [0.25, 0.3) is 0 Å². The molecular weight excluding hydrogens is 334 g/mol. The molecule has 138 valence electrons. The summed E-state index contributed by atoms with van der Waals surface area (Å²) < 4.78 is 7.56. The molecule has 2 aromatic rings. The second-order valence-corrected chi connectivity index (χ2v) is 6.63. The molecule has 26 heavy (non-hydrogen) atoms. The Labute approximate surface area is 152 Å². The zero-order valence-electron chi connectivity index (χ0n) is 14.8. The highest BCUT2D eigenvalue weighted by atomic mass is 16.5. The van der Waals surface area contributed by atoms with Crippen LogP contribution in [-0.2, 0) is 16.1 Å². The molecule has 0 bridgehead atoms. The number of amides is 1. The summed E-state index contributed by atoms with van der Waals surface area (Å²) in [5.41, 5.74) is -0.225. The van der Waals surface area contributed by atoms with E-state index in [1.54, 1.807) is 40.0 Å². The molecule has 1 aromatic heterocycles. The molecule has 1 aromatic carbocycles. The van der Waals surface area contributed by atoms with Crippen molar-refractivity contribution in [2.75, 3.05) is 13.1 Å². The monoisotopic (exact) mass is 357 g/mol.